The van der Waals surface area contributed by atoms with Gasteiger partial charge in [0.25, 0.3) is 5.91 Å². The quantitative estimate of drug-likeness (QED) is 0.688. The lowest BCUT2D eigenvalue weighted by Crippen LogP contribution is -2.33. The second kappa shape index (κ2) is 6.70. The summed E-state index contributed by atoms with van der Waals surface area (Å²) in [5.41, 5.74) is 1.94. The molecule has 1 aliphatic heterocycles. The maximum atomic E-state index is 12.3. The fraction of sp³-hybridized carbons (Fsp3) is 0.368. The average Bonchev–Trinajstić information content (AvgIpc) is 3.05. The zero-order valence-electron chi connectivity index (χ0n) is 13.2. The first-order valence-electron chi connectivity index (χ1n) is 8.07. The Morgan fingerprint density at radius 1 is 1.35 bits per heavy atom. The maximum absolute atomic E-state index is 12.3. The van der Waals surface area contributed by atoms with Crippen molar-refractivity contribution in [1.82, 2.24) is 5.32 Å². The van der Waals surface area contributed by atoms with Crippen LogP contribution in [0.5, 0.6) is 5.75 Å². The molecule has 0 aromatic heterocycles. The number of nitrogens with zero attached hydrogens (tertiary/aromatic N) is 1. The summed E-state index contributed by atoms with van der Waals surface area (Å²) < 4.78 is 5.85. The molecule has 1 saturated carbocycles. The van der Waals surface area contributed by atoms with Crippen molar-refractivity contribution in [1.29, 1.82) is 5.26 Å². The number of para-hydroxylation sites is 1. The first kappa shape index (κ1) is 15.4. The second-order valence-corrected chi connectivity index (χ2v) is 6.07. The Morgan fingerprint density at radius 3 is 2.83 bits per heavy atom. The SMILES string of the molecule is CC1Oc2ccccc2C=C1/C=C(/C#N)C(=O)NC1CCCC1. The predicted octanol–water partition coefficient (Wildman–Crippen LogP) is 3.36. The molecule has 1 heterocycles. The molecule has 0 radical (unpaired) electrons. The highest BCUT2D eigenvalue weighted by atomic mass is 16.5. The molecule has 1 aliphatic carbocycles. The number of nitriles is 1. The number of hydrogen-bond acceptors (Lipinski definition) is 3. The summed E-state index contributed by atoms with van der Waals surface area (Å²) in [5.74, 6) is 0.539. The largest absolute Gasteiger partial charge is 0.485 e. The Morgan fingerprint density at radius 2 is 2.09 bits per heavy atom. The highest BCUT2D eigenvalue weighted by molar-refractivity contribution is 5.98. The Bertz CT molecular complexity index is 706. The Hall–Kier alpha value is -2.54. The molecule has 118 valence electrons. The van der Waals surface area contributed by atoms with Crippen molar-refractivity contribution in [2.45, 2.75) is 44.8 Å². The van der Waals surface area contributed by atoms with Gasteiger partial charge in [-0.3, -0.25) is 4.79 Å². The van der Waals surface area contributed by atoms with Crippen molar-refractivity contribution >= 4 is 12.0 Å². The maximum Gasteiger partial charge on any atom is 0.262 e. The van der Waals surface area contributed by atoms with Crippen LogP contribution < -0.4 is 10.1 Å². The number of fused-ring (bicyclic) bond motifs is 1. The van der Waals surface area contributed by atoms with E-state index >= 15 is 0 Å². The van der Waals surface area contributed by atoms with Crippen molar-refractivity contribution in [3.05, 3.63) is 47.1 Å². The first-order chi connectivity index (χ1) is 11.2. The molecular formula is C19H20N2O2. The third-order valence-corrected chi connectivity index (χ3v) is 4.38. The van der Waals surface area contributed by atoms with E-state index in [1.54, 1.807) is 6.08 Å². The summed E-state index contributed by atoms with van der Waals surface area (Å²) >= 11 is 0. The molecule has 1 N–H and O–H groups in total. The van der Waals surface area contributed by atoms with Gasteiger partial charge < -0.3 is 10.1 Å². The van der Waals surface area contributed by atoms with E-state index in [2.05, 4.69) is 5.32 Å². The van der Waals surface area contributed by atoms with Gasteiger partial charge in [0.05, 0.1) is 0 Å². The number of carbonyl (C=O) groups is 1. The van der Waals surface area contributed by atoms with Crippen LogP contribution >= 0.6 is 0 Å². The minimum absolute atomic E-state index is 0.137. The molecule has 1 unspecified atom stereocenters. The monoisotopic (exact) mass is 308 g/mol. The van der Waals surface area contributed by atoms with E-state index in [4.69, 9.17) is 4.74 Å². The van der Waals surface area contributed by atoms with Crippen LogP contribution in [-0.2, 0) is 4.79 Å². The number of rotatable bonds is 3. The van der Waals surface area contributed by atoms with E-state index in [0.29, 0.717) is 0 Å². The number of hydrogen-bond donors (Lipinski definition) is 1. The molecule has 0 saturated heterocycles. The summed E-state index contributed by atoms with van der Waals surface area (Å²) in [7, 11) is 0. The Balaban J connectivity index is 1.81. The van der Waals surface area contributed by atoms with Crippen molar-refractivity contribution in [2.24, 2.45) is 0 Å². The summed E-state index contributed by atoms with van der Waals surface area (Å²) in [6.45, 7) is 1.92. The van der Waals surface area contributed by atoms with Crippen molar-refractivity contribution in [3.8, 4) is 11.8 Å². The first-order valence-corrected chi connectivity index (χ1v) is 8.07. The predicted molar refractivity (Wildman–Crippen MR) is 88.6 cm³/mol. The highest BCUT2D eigenvalue weighted by Crippen LogP contribution is 2.30. The average molecular weight is 308 g/mol. The van der Waals surface area contributed by atoms with E-state index in [1.165, 1.54) is 0 Å². The van der Waals surface area contributed by atoms with Crippen molar-refractivity contribution in [2.75, 3.05) is 0 Å². The molecule has 23 heavy (non-hydrogen) atoms. The zero-order valence-corrected chi connectivity index (χ0v) is 13.2. The van der Waals surface area contributed by atoms with Crippen molar-refractivity contribution in [3.63, 3.8) is 0 Å². The Kier molecular flexibility index (Phi) is 4.47. The topological polar surface area (TPSA) is 62.1 Å². The van der Waals surface area contributed by atoms with Crippen LogP contribution in [0.2, 0.25) is 0 Å². The van der Waals surface area contributed by atoms with Gasteiger partial charge in [-0.2, -0.15) is 5.26 Å². The molecule has 2 aliphatic rings. The fourth-order valence-electron chi connectivity index (χ4n) is 3.07. The molecule has 4 nitrogen and oxygen atoms in total. The van der Waals surface area contributed by atoms with Crippen LogP contribution in [0, 0.1) is 11.3 Å². The molecular weight excluding hydrogens is 288 g/mol. The van der Waals surface area contributed by atoms with Crippen LogP contribution in [0.15, 0.2) is 41.5 Å². The third kappa shape index (κ3) is 3.45. The minimum Gasteiger partial charge on any atom is -0.485 e. The van der Waals surface area contributed by atoms with Crippen LogP contribution in [0.1, 0.15) is 38.2 Å². The molecule has 1 aromatic rings. The van der Waals surface area contributed by atoms with E-state index in [1.807, 2.05) is 43.3 Å². The molecule has 1 aromatic carbocycles. The smallest absolute Gasteiger partial charge is 0.262 e. The number of amides is 1. The molecule has 1 amide bonds. The summed E-state index contributed by atoms with van der Waals surface area (Å²) in [5, 5.41) is 12.3. The van der Waals surface area contributed by atoms with Gasteiger partial charge >= 0.3 is 0 Å². The standard InChI is InChI=1S/C19H20N2O2/c1-13-15(10-14-6-2-5-9-18(14)23-13)11-16(12-20)19(22)21-17-7-3-4-8-17/h2,5-6,9-11,13,17H,3-4,7-8H2,1H3,(H,21,22)/b16-11-. The van der Waals surface area contributed by atoms with Gasteiger partial charge in [0.2, 0.25) is 0 Å². The minimum atomic E-state index is -0.286. The number of ether oxygens (including phenoxy) is 1. The van der Waals surface area contributed by atoms with Crippen LogP contribution in [0.4, 0.5) is 0 Å². The molecule has 1 fully saturated rings. The van der Waals surface area contributed by atoms with Crippen LogP contribution in [-0.4, -0.2) is 18.1 Å². The number of nitrogens with one attached hydrogen (secondary N) is 1. The molecule has 4 heteroatoms. The second-order valence-electron chi connectivity index (χ2n) is 6.07. The van der Waals surface area contributed by atoms with E-state index in [-0.39, 0.29) is 23.6 Å². The molecule has 0 spiro atoms. The van der Waals surface area contributed by atoms with Gasteiger partial charge in [-0.15, -0.1) is 0 Å². The van der Waals surface area contributed by atoms with E-state index in [9.17, 15) is 10.1 Å². The van der Waals surface area contributed by atoms with Gasteiger partial charge in [0.1, 0.15) is 23.5 Å². The van der Waals surface area contributed by atoms with E-state index < -0.39 is 0 Å². The number of benzene rings is 1. The molecule has 3 rings (SSSR count). The van der Waals surface area contributed by atoms with Gasteiger partial charge in [0, 0.05) is 11.6 Å². The lowest BCUT2D eigenvalue weighted by Gasteiger charge is -2.23. The lowest BCUT2D eigenvalue weighted by atomic mass is 10.00. The highest BCUT2D eigenvalue weighted by Gasteiger charge is 2.22. The van der Waals surface area contributed by atoms with Crippen molar-refractivity contribution < 1.29 is 9.53 Å². The molecule has 1 atom stereocenters. The zero-order chi connectivity index (χ0) is 16.2. The summed E-state index contributed by atoms with van der Waals surface area (Å²) in [6.07, 6.45) is 7.72. The normalized spacial score (nSPS) is 21.0. The van der Waals surface area contributed by atoms with E-state index in [0.717, 1.165) is 42.6 Å². The van der Waals surface area contributed by atoms with Crippen LogP contribution in [0.3, 0.4) is 0 Å². The van der Waals surface area contributed by atoms with Crippen LogP contribution in [0.25, 0.3) is 6.08 Å². The van der Waals surface area contributed by atoms with Gasteiger partial charge in [-0.1, -0.05) is 31.0 Å². The summed E-state index contributed by atoms with van der Waals surface area (Å²) in [4.78, 5) is 12.3. The van der Waals surface area contributed by atoms with Gasteiger partial charge in [-0.05, 0) is 43.6 Å². The third-order valence-electron chi connectivity index (χ3n) is 4.38. The van der Waals surface area contributed by atoms with Gasteiger partial charge in [0.15, 0.2) is 0 Å². The number of carbonyl (C=O) groups excluding carboxylic acids is 1. The lowest BCUT2D eigenvalue weighted by molar-refractivity contribution is -0.117. The summed E-state index contributed by atoms with van der Waals surface area (Å²) in [6, 6.07) is 9.96. The molecule has 0 bridgehead atoms. The fourth-order valence-corrected chi connectivity index (χ4v) is 3.07. The van der Waals surface area contributed by atoms with Gasteiger partial charge in [-0.25, -0.2) is 0 Å². The Labute approximate surface area is 136 Å².